The van der Waals surface area contributed by atoms with Crippen molar-refractivity contribution in [3.05, 3.63) is 53.3 Å². The van der Waals surface area contributed by atoms with E-state index in [0.717, 1.165) is 29.7 Å². The van der Waals surface area contributed by atoms with Gasteiger partial charge in [0.15, 0.2) is 0 Å². The highest BCUT2D eigenvalue weighted by atomic mass is 16.5. The number of alkyl carbamates (subject to hydrolysis) is 1. The lowest BCUT2D eigenvalue weighted by molar-refractivity contribution is -0.140. The number of aromatic amines is 1. The second-order valence-electron chi connectivity index (χ2n) is 9.44. The van der Waals surface area contributed by atoms with Gasteiger partial charge < -0.3 is 20.7 Å². The summed E-state index contributed by atoms with van der Waals surface area (Å²) in [6.07, 6.45) is 4.41. The van der Waals surface area contributed by atoms with E-state index in [9.17, 15) is 19.2 Å². The van der Waals surface area contributed by atoms with Crippen molar-refractivity contribution in [3.8, 4) is 0 Å². The summed E-state index contributed by atoms with van der Waals surface area (Å²) < 4.78 is 5.26. The maximum absolute atomic E-state index is 13.1. The van der Waals surface area contributed by atoms with Gasteiger partial charge in [-0.05, 0) is 49.1 Å². The summed E-state index contributed by atoms with van der Waals surface area (Å²) in [5.41, 5.74) is 2.87. The fourth-order valence-corrected chi connectivity index (χ4v) is 4.13. The lowest BCUT2D eigenvalue weighted by atomic mass is 9.99. The lowest BCUT2D eigenvalue weighted by Gasteiger charge is -2.24. The highest BCUT2D eigenvalue weighted by Gasteiger charge is 2.30. The summed E-state index contributed by atoms with van der Waals surface area (Å²) >= 11 is 0. The van der Waals surface area contributed by atoms with Crippen molar-refractivity contribution in [2.24, 2.45) is 5.92 Å². The van der Waals surface area contributed by atoms with Gasteiger partial charge in [-0.3, -0.25) is 19.5 Å². The molecule has 10 heteroatoms. The number of aromatic nitrogens is 2. The number of nitrogens with one attached hydrogen (secondary N) is 4. The number of ketones is 1. The Morgan fingerprint density at radius 2 is 1.92 bits per heavy atom. The quantitative estimate of drug-likeness (QED) is 0.432. The molecule has 3 amide bonds. The number of hydrogen-bond donors (Lipinski definition) is 4. The van der Waals surface area contributed by atoms with Crippen LogP contribution in [-0.4, -0.2) is 52.5 Å². The van der Waals surface area contributed by atoms with Crippen molar-refractivity contribution in [1.82, 2.24) is 26.1 Å². The number of amides is 3. The summed E-state index contributed by atoms with van der Waals surface area (Å²) in [5, 5.41) is 15.0. The second kappa shape index (κ2) is 13.4. The van der Waals surface area contributed by atoms with Gasteiger partial charge in [0.1, 0.15) is 12.6 Å². The number of rotatable bonds is 7. The molecule has 2 unspecified atom stereocenters. The van der Waals surface area contributed by atoms with Gasteiger partial charge in [-0.25, -0.2) is 4.79 Å². The van der Waals surface area contributed by atoms with Crippen LogP contribution in [0.1, 0.15) is 56.4 Å². The highest BCUT2D eigenvalue weighted by Crippen LogP contribution is 2.13. The SMILES string of the molecule is CC(C)CC(NC(=O)OCc1ccccc1)C(=O)NC1CCCCc2[nH]ncc2CCNC(=O)C1=O. The number of fused-ring (bicyclic) bond motifs is 1. The monoisotopic (exact) mass is 497 g/mol. The average Bonchev–Trinajstić information content (AvgIpc) is 3.30. The van der Waals surface area contributed by atoms with Gasteiger partial charge in [0, 0.05) is 12.2 Å². The summed E-state index contributed by atoms with van der Waals surface area (Å²) in [5.74, 6) is -1.85. The molecule has 3 rings (SSSR count). The van der Waals surface area contributed by atoms with Gasteiger partial charge >= 0.3 is 6.09 Å². The number of Topliss-reactive ketones (excluding diaryl/α,β-unsaturated/α-hetero) is 1. The Balaban J connectivity index is 1.62. The van der Waals surface area contributed by atoms with Gasteiger partial charge in [0.05, 0.1) is 12.2 Å². The second-order valence-corrected chi connectivity index (χ2v) is 9.44. The molecular weight excluding hydrogens is 462 g/mol. The van der Waals surface area contributed by atoms with Gasteiger partial charge in [-0.1, -0.05) is 50.6 Å². The van der Waals surface area contributed by atoms with Crippen LogP contribution in [0.2, 0.25) is 0 Å². The van der Waals surface area contributed by atoms with Crippen LogP contribution in [-0.2, 0) is 38.6 Å². The van der Waals surface area contributed by atoms with E-state index in [1.54, 1.807) is 6.20 Å². The molecular formula is C26H35N5O5. The molecule has 2 heterocycles. The lowest BCUT2D eigenvalue weighted by Crippen LogP contribution is -2.54. The highest BCUT2D eigenvalue weighted by molar-refractivity contribution is 6.38. The number of nitrogens with zero attached hydrogens (tertiary/aromatic N) is 1. The molecule has 194 valence electrons. The zero-order valence-electron chi connectivity index (χ0n) is 20.8. The molecule has 0 aliphatic carbocycles. The van der Waals surface area contributed by atoms with E-state index in [2.05, 4.69) is 26.1 Å². The Morgan fingerprint density at radius 3 is 2.67 bits per heavy atom. The molecule has 0 spiro atoms. The number of benzene rings is 1. The predicted molar refractivity (Wildman–Crippen MR) is 133 cm³/mol. The van der Waals surface area contributed by atoms with Crippen LogP contribution < -0.4 is 16.0 Å². The maximum Gasteiger partial charge on any atom is 0.408 e. The number of carbonyl (C=O) groups excluding carboxylic acids is 4. The zero-order chi connectivity index (χ0) is 25.9. The Morgan fingerprint density at radius 1 is 1.14 bits per heavy atom. The topological polar surface area (TPSA) is 142 Å². The first-order valence-corrected chi connectivity index (χ1v) is 12.4. The Bertz CT molecular complexity index is 1040. The van der Waals surface area contributed by atoms with Gasteiger partial charge in [0.25, 0.3) is 5.91 Å². The first-order valence-electron chi connectivity index (χ1n) is 12.4. The molecule has 0 saturated heterocycles. The number of hydrogen-bond acceptors (Lipinski definition) is 6. The standard InChI is InChI=1S/C26H35N5O5/c1-17(2)14-22(30-26(35)36-16-18-8-4-3-5-9-18)24(33)29-21-11-7-6-10-20-19(15-28-31-20)12-13-27-25(34)23(21)32/h3-5,8-9,15,17,21-22H,6-7,10-14,16H2,1-2H3,(H,27,34)(H,28,31)(H,29,33)(H,30,35). The fraction of sp³-hybridized carbons (Fsp3) is 0.500. The van der Waals surface area contributed by atoms with Crippen molar-refractivity contribution >= 4 is 23.7 Å². The van der Waals surface area contributed by atoms with E-state index >= 15 is 0 Å². The van der Waals surface area contributed by atoms with E-state index in [1.807, 2.05) is 44.2 Å². The molecule has 4 N–H and O–H groups in total. The molecule has 0 radical (unpaired) electrons. The Hall–Kier alpha value is -3.69. The molecule has 2 atom stereocenters. The number of carbonyl (C=O) groups is 4. The minimum Gasteiger partial charge on any atom is -0.445 e. The molecule has 1 aromatic carbocycles. The number of H-pyrrole nitrogens is 1. The summed E-state index contributed by atoms with van der Waals surface area (Å²) in [4.78, 5) is 50.9. The van der Waals surface area contributed by atoms with E-state index < -0.39 is 35.8 Å². The molecule has 0 bridgehead atoms. The van der Waals surface area contributed by atoms with Crippen molar-refractivity contribution in [2.75, 3.05) is 6.54 Å². The third kappa shape index (κ3) is 8.21. The number of ether oxygens (including phenoxy) is 1. The van der Waals surface area contributed by atoms with Crippen molar-refractivity contribution in [1.29, 1.82) is 0 Å². The minimum atomic E-state index is -0.977. The smallest absolute Gasteiger partial charge is 0.408 e. The van der Waals surface area contributed by atoms with Crippen molar-refractivity contribution in [2.45, 2.75) is 71.1 Å². The van der Waals surface area contributed by atoms with E-state index in [-0.39, 0.29) is 12.5 Å². The third-order valence-corrected chi connectivity index (χ3v) is 6.04. The summed E-state index contributed by atoms with van der Waals surface area (Å²) in [7, 11) is 0. The van der Waals surface area contributed by atoms with Crippen LogP contribution in [0.25, 0.3) is 0 Å². The Kier molecular flexibility index (Phi) is 10.0. The zero-order valence-corrected chi connectivity index (χ0v) is 20.8. The van der Waals surface area contributed by atoms with Crippen LogP contribution in [0.3, 0.4) is 0 Å². The molecule has 2 aromatic rings. The first kappa shape index (κ1) is 26.9. The van der Waals surface area contributed by atoms with Crippen LogP contribution in [0.4, 0.5) is 4.79 Å². The molecule has 36 heavy (non-hydrogen) atoms. The molecule has 10 nitrogen and oxygen atoms in total. The molecule has 1 aliphatic rings. The minimum absolute atomic E-state index is 0.0714. The van der Waals surface area contributed by atoms with E-state index in [1.165, 1.54) is 0 Å². The maximum atomic E-state index is 13.1. The van der Waals surface area contributed by atoms with Gasteiger partial charge in [-0.2, -0.15) is 5.10 Å². The predicted octanol–water partition coefficient (Wildman–Crippen LogP) is 2.19. The third-order valence-electron chi connectivity index (χ3n) is 6.04. The molecule has 0 fully saturated rings. The largest absolute Gasteiger partial charge is 0.445 e. The molecule has 1 aliphatic heterocycles. The van der Waals surface area contributed by atoms with Gasteiger partial charge in [0.2, 0.25) is 11.7 Å². The molecule has 0 saturated carbocycles. The van der Waals surface area contributed by atoms with E-state index in [0.29, 0.717) is 32.2 Å². The van der Waals surface area contributed by atoms with Crippen LogP contribution in [0.15, 0.2) is 36.5 Å². The Labute approximate surface area is 210 Å². The van der Waals surface area contributed by atoms with Crippen LogP contribution >= 0.6 is 0 Å². The van der Waals surface area contributed by atoms with Crippen molar-refractivity contribution < 1.29 is 23.9 Å². The normalized spacial score (nSPS) is 17.7. The average molecular weight is 498 g/mol. The summed E-state index contributed by atoms with van der Waals surface area (Å²) in [6.45, 7) is 4.22. The first-order chi connectivity index (χ1) is 17.3. The fourth-order valence-electron chi connectivity index (χ4n) is 4.13. The number of aryl methyl sites for hydroxylation is 1. The van der Waals surface area contributed by atoms with Crippen molar-refractivity contribution in [3.63, 3.8) is 0 Å². The van der Waals surface area contributed by atoms with E-state index in [4.69, 9.17) is 4.74 Å². The van der Waals surface area contributed by atoms with Crippen LogP contribution in [0, 0.1) is 5.92 Å². The van der Waals surface area contributed by atoms with Gasteiger partial charge in [-0.15, -0.1) is 0 Å². The van der Waals surface area contributed by atoms with Crippen LogP contribution in [0.5, 0.6) is 0 Å². The molecule has 1 aromatic heterocycles. The summed E-state index contributed by atoms with van der Waals surface area (Å²) in [6, 6.07) is 7.34.